The van der Waals surface area contributed by atoms with Gasteiger partial charge in [-0.3, -0.25) is 14.5 Å². The van der Waals surface area contributed by atoms with Crippen LogP contribution >= 0.6 is 15.9 Å². The second-order valence-corrected chi connectivity index (χ2v) is 7.80. The van der Waals surface area contributed by atoms with Gasteiger partial charge in [-0.05, 0) is 56.7 Å². The first-order valence-corrected chi connectivity index (χ1v) is 8.57. The Bertz CT molecular complexity index is 794. The predicted molar refractivity (Wildman–Crippen MR) is 98.0 cm³/mol. The molecule has 5 heteroatoms. The van der Waals surface area contributed by atoms with Crippen molar-refractivity contribution in [2.24, 2.45) is 0 Å². The fraction of sp³-hybridized carbons (Fsp3) is 0.263. The summed E-state index contributed by atoms with van der Waals surface area (Å²) < 4.78 is 0.922. The average molecular weight is 387 g/mol. The molecule has 1 atom stereocenters. The maximum Gasteiger partial charge on any atom is 0.259 e. The number of amides is 2. The molecule has 124 valence electrons. The van der Waals surface area contributed by atoms with Crippen molar-refractivity contribution in [1.82, 2.24) is 5.32 Å². The molecular weight excluding hydrogens is 368 g/mol. The molecule has 0 aromatic heterocycles. The molecule has 1 unspecified atom stereocenters. The second-order valence-electron chi connectivity index (χ2n) is 6.88. The minimum Gasteiger partial charge on any atom is -0.349 e. The lowest BCUT2D eigenvalue weighted by molar-refractivity contribution is -0.123. The molecule has 0 saturated heterocycles. The summed E-state index contributed by atoms with van der Waals surface area (Å²) in [6.07, 6.45) is 0. The van der Waals surface area contributed by atoms with Crippen LogP contribution in [0.5, 0.6) is 0 Å². The fourth-order valence-electron chi connectivity index (χ4n) is 2.88. The van der Waals surface area contributed by atoms with Crippen LogP contribution in [0.1, 0.15) is 42.7 Å². The number of carbonyl (C=O) groups excluding carboxylic acids is 2. The van der Waals surface area contributed by atoms with Gasteiger partial charge in [0.1, 0.15) is 6.04 Å². The van der Waals surface area contributed by atoms with Gasteiger partial charge in [0.15, 0.2) is 0 Å². The van der Waals surface area contributed by atoms with Gasteiger partial charge >= 0.3 is 0 Å². The van der Waals surface area contributed by atoms with Crippen LogP contribution in [0.2, 0.25) is 0 Å². The maximum atomic E-state index is 12.9. The molecule has 1 N–H and O–H groups in total. The Morgan fingerprint density at radius 2 is 1.71 bits per heavy atom. The average Bonchev–Trinajstić information content (AvgIpc) is 2.80. The van der Waals surface area contributed by atoms with E-state index < -0.39 is 6.04 Å². The summed E-state index contributed by atoms with van der Waals surface area (Å²) in [6.45, 7) is 5.78. The number of nitrogens with one attached hydrogen (secondary N) is 1. The topological polar surface area (TPSA) is 49.4 Å². The van der Waals surface area contributed by atoms with Gasteiger partial charge in [0.25, 0.3) is 5.91 Å². The van der Waals surface area contributed by atoms with Gasteiger partial charge < -0.3 is 5.32 Å². The summed E-state index contributed by atoms with van der Waals surface area (Å²) in [5.41, 5.74) is 1.65. The molecule has 1 heterocycles. The molecule has 0 saturated carbocycles. The van der Waals surface area contributed by atoms with E-state index in [1.54, 1.807) is 11.0 Å². The van der Waals surface area contributed by atoms with Crippen molar-refractivity contribution in [2.45, 2.75) is 32.4 Å². The lowest BCUT2D eigenvalue weighted by Crippen LogP contribution is -2.47. The Balaban J connectivity index is 2.07. The van der Waals surface area contributed by atoms with Gasteiger partial charge in [0.2, 0.25) is 5.91 Å². The molecule has 0 aliphatic carbocycles. The molecule has 24 heavy (non-hydrogen) atoms. The van der Waals surface area contributed by atoms with Gasteiger partial charge in [-0.15, -0.1) is 0 Å². The number of nitrogens with zero attached hydrogens (tertiary/aromatic N) is 1. The summed E-state index contributed by atoms with van der Waals surface area (Å²) >= 11 is 3.40. The molecule has 2 amide bonds. The number of hydrogen-bond acceptors (Lipinski definition) is 2. The van der Waals surface area contributed by atoms with Crippen LogP contribution in [0.3, 0.4) is 0 Å². The summed E-state index contributed by atoms with van der Waals surface area (Å²) in [4.78, 5) is 27.4. The van der Waals surface area contributed by atoms with Crippen molar-refractivity contribution in [1.29, 1.82) is 0 Å². The SMILES string of the molecule is CC(C)(C)NC(=O)C1c2ccccc2C(=O)N1c1ccc(Br)cc1. The predicted octanol–water partition coefficient (Wildman–Crippen LogP) is 4.07. The first kappa shape index (κ1) is 16.7. The minimum atomic E-state index is -0.658. The maximum absolute atomic E-state index is 12.9. The van der Waals surface area contributed by atoms with Crippen LogP contribution < -0.4 is 10.2 Å². The van der Waals surface area contributed by atoms with Crippen LogP contribution in [0.25, 0.3) is 0 Å². The molecule has 3 rings (SSSR count). The molecule has 4 nitrogen and oxygen atoms in total. The second kappa shape index (κ2) is 6.06. The smallest absolute Gasteiger partial charge is 0.259 e. The van der Waals surface area contributed by atoms with Crippen molar-refractivity contribution >= 4 is 33.4 Å². The Hall–Kier alpha value is -2.14. The van der Waals surface area contributed by atoms with Gasteiger partial charge in [-0.2, -0.15) is 0 Å². The van der Waals surface area contributed by atoms with Crippen LogP contribution in [0.4, 0.5) is 5.69 Å². The summed E-state index contributed by atoms with van der Waals surface area (Å²) in [6, 6.07) is 14.0. The van der Waals surface area contributed by atoms with Gasteiger partial charge in [0, 0.05) is 21.3 Å². The highest BCUT2D eigenvalue weighted by Gasteiger charge is 2.42. The van der Waals surface area contributed by atoms with E-state index in [1.807, 2.05) is 63.2 Å². The lowest BCUT2D eigenvalue weighted by Gasteiger charge is -2.28. The molecule has 0 fully saturated rings. The first-order valence-electron chi connectivity index (χ1n) is 7.78. The summed E-state index contributed by atoms with van der Waals surface area (Å²) in [5.74, 6) is -0.328. The van der Waals surface area contributed by atoms with E-state index in [0.29, 0.717) is 11.3 Å². The number of carbonyl (C=O) groups is 2. The zero-order valence-corrected chi connectivity index (χ0v) is 15.4. The number of halogens is 1. The normalized spacial score (nSPS) is 16.9. The number of hydrogen-bond donors (Lipinski definition) is 1. The van der Waals surface area contributed by atoms with Crippen LogP contribution in [-0.2, 0) is 4.79 Å². The Morgan fingerprint density at radius 3 is 2.33 bits per heavy atom. The number of anilines is 1. The zero-order chi connectivity index (χ0) is 17.5. The number of fused-ring (bicyclic) bond motifs is 1. The minimum absolute atomic E-state index is 0.151. The van der Waals surface area contributed by atoms with E-state index in [2.05, 4.69) is 21.2 Å². The molecule has 0 spiro atoms. The highest BCUT2D eigenvalue weighted by Crippen LogP contribution is 2.38. The fourth-order valence-corrected chi connectivity index (χ4v) is 3.15. The first-order chi connectivity index (χ1) is 11.3. The van der Waals surface area contributed by atoms with E-state index in [-0.39, 0.29) is 17.4 Å². The lowest BCUT2D eigenvalue weighted by atomic mass is 10.0. The third-order valence-corrected chi connectivity index (χ3v) is 4.34. The standard InChI is InChI=1S/C19H19BrN2O2/c1-19(2,3)21-17(23)16-14-6-4-5-7-15(14)18(24)22(16)13-10-8-12(20)9-11-13/h4-11,16H,1-3H3,(H,21,23). The highest BCUT2D eigenvalue weighted by atomic mass is 79.9. The number of benzene rings is 2. The zero-order valence-electron chi connectivity index (χ0n) is 13.8. The van der Waals surface area contributed by atoms with E-state index in [1.165, 1.54) is 0 Å². The van der Waals surface area contributed by atoms with Crippen molar-refractivity contribution in [3.05, 3.63) is 64.1 Å². The van der Waals surface area contributed by atoms with Gasteiger partial charge in [-0.1, -0.05) is 34.1 Å². The molecule has 0 bridgehead atoms. The third kappa shape index (κ3) is 3.08. The number of rotatable bonds is 2. The van der Waals surface area contributed by atoms with E-state index >= 15 is 0 Å². The quantitative estimate of drug-likeness (QED) is 0.845. The van der Waals surface area contributed by atoms with Crippen molar-refractivity contribution < 1.29 is 9.59 Å². The molecular formula is C19H19BrN2O2. The van der Waals surface area contributed by atoms with Crippen LogP contribution in [0, 0.1) is 0 Å². The molecule has 1 aliphatic heterocycles. The monoisotopic (exact) mass is 386 g/mol. The third-order valence-electron chi connectivity index (χ3n) is 3.81. The van der Waals surface area contributed by atoms with Crippen molar-refractivity contribution in [2.75, 3.05) is 4.90 Å². The molecule has 0 radical (unpaired) electrons. The van der Waals surface area contributed by atoms with Gasteiger partial charge in [0.05, 0.1) is 0 Å². The van der Waals surface area contributed by atoms with Crippen LogP contribution in [-0.4, -0.2) is 17.4 Å². The Labute approximate surface area is 150 Å². The molecule has 2 aromatic carbocycles. The van der Waals surface area contributed by atoms with Crippen molar-refractivity contribution in [3.63, 3.8) is 0 Å². The molecule has 1 aliphatic rings. The Kier molecular flexibility index (Phi) is 4.22. The van der Waals surface area contributed by atoms with Crippen molar-refractivity contribution in [3.8, 4) is 0 Å². The largest absolute Gasteiger partial charge is 0.349 e. The highest BCUT2D eigenvalue weighted by molar-refractivity contribution is 9.10. The summed E-state index contributed by atoms with van der Waals surface area (Å²) in [5, 5.41) is 2.99. The van der Waals surface area contributed by atoms with Crippen LogP contribution in [0.15, 0.2) is 53.0 Å². The Morgan fingerprint density at radius 1 is 1.08 bits per heavy atom. The van der Waals surface area contributed by atoms with Gasteiger partial charge in [-0.25, -0.2) is 0 Å². The van der Waals surface area contributed by atoms with E-state index in [9.17, 15) is 9.59 Å². The molecule has 2 aromatic rings. The van der Waals surface area contributed by atoms with E-state index in [0.717, 1.165) is 10.0 Å². The summed E-state index contributed by atoms with van der Waals surface area (Å²) in [7, 11) is 0. The van der Waals surface area contributed by atoms with E-state index in [4.69, 9.17) is 0 Å².